The number of amides is 1. The van der Waals surface area contributed by atoms with Crippen LogP contribution in [0, 0.1) is 12.8 Å². The second-order valence-electron chi connectivity index (χ2n) is 10.1. The summed E-state index contributed by atoms with van der Waals surface area (Å²) in [6.07, 6.45) is 6.35. The fourth-order valence-corrected chi connectivity index (χ4v) is 6.85. The molecule has 35 heavy (non-hydrogen) atoms. The van der Waals surface area contributed by atoms with Gasteiger partial charge in [-0.2, -0.15) is 4.72 Å². The fourth-order valence-electron chi connectivity index (χ4n) is 5.66. The van der Waals surface area contributed by atoms with Crippen LogP contribution in [0.4, 0.5) is 0 Å². The normalized spacial score (nSPS) is 23.7. The largest absolute Gasteiger partial charge is 0.389 e. The first kappa shape index (κ1) is 24.0. The third kappa shape index (κ3) is 4.87. The predicted molar refractivity (Wildman–Crippen MR) is 135 cm³/mol. The summed E-state index contributed by atoms with van der Waals surface area (Å²) in [4.78, 5) is 18.9. The molecule has 2 fully saturated rings. The third-order valence-electron chi connectivity index (χ3n) is 7.77. The lowest BCUT2D eigenvalue weighted by Gasteiger charge is -2.48. The number of carbonyl (C=O) groups is 1. The van der Waals surface area contributed by atoms with Crippen molar-refractivity contribution in [2.24, 2.45) is 5.92 Å². The molecule has 1 aromatic heterocycles. The van der Waals surface area contributed by atoms with Gasteiger partial charge in [-0.3, -0.25) is 4.79 Å². The summed E-state index contributed by atoms with van der Waals surface area (Å²) in [6, 6.07) is 13.5. The van der Waals surface area contributed by atoms with Crippen LogP contribution in [0.1, 0.15) is 43.2 Å². The number of hydrogen-bond acceptors (Lipinski definition) is 4. The summed E-state index contributed by atoms with van der Waals surface area (Å²) in [6.45, 7) is 2.80. The summed E-state index contributed by atoms with van der Waals surface area (Å²) >= 11 is 0. The highest BCUT2D eigenvalue weighted by atomic mass is 32.2. The van der Waals surface area contributed by atoms with Crippen molar-refractivity contribution in [3.05, 3.63) is 65.9 Å². The number of likely N-dealkylation sites (tertiary alicyclic amines) is 1. The molecule has 1 amide bonds. The SMILES string of the molecule is Cc1ccc(S(=O)(=O)N[C@@H](Cc2c[nH]c3ccccc23)C(=O)N2CC[C@]3(O)CCCC[C@@H]3C2)cc1. The predicted octanol–water partition coefficient (Wildman–Crippen LogP) is 3.52. The number of fused-ring (bicyclic) bond motifs is 2. The molecule has 3 N–H and O–H groups in total. The highest BCUT2D eigenvalue weighted by molar-refractivity contribution is 7.89. The Hall–Kier alpha value is -2.68. The Labute approximate surface area is 206 Å². The number of aromatic amines is 1. The van der Waals surface area contributed by atoms with E-state index in [-0.39, 0.29) is 23.1 Å². The summed E-state index contributed by atoms with van der Waals surface area (Å²) < 4.78 is 29.3. The average molecular weight is 496 g/mol. The van der Waals surface area contributed by atoms with Gasteiger partial charge in [-0.25, -0.2) is 8.42 Å². The molecule has 2 aromatic carbocycles. The minimum absolute atomic E-state index is 0.0383. The molecule has 1 saturated heterocycles. The third-order valence-corrected chi connectivity index (χ3v) is 9.25. The van der Waals surface area contributed by atoms with Crippen LogP contribution >= 0.6 is 0 Å². The number of aryl methyl sites for hydroxylation is 1. The van der Waals surface area contributed by atoms with Crippen molar-refractivity contribution in [3.8, 4) is 0 Å². The van der Waals surface area contributed by atoms with Crippen molar-refractivity contribution < 1.29 is 18.3 Å². The Morgan fingerprint density at radius 3 is 2.74 bits per heavy atom. The van der Waals surface area contributed by atoms with E-state index in [0.29, 0.717) is 19.5 Å². The maximum atomic E-state index is 13.8. The molecule has 2 aliphatic rings. The number of sulfonamides is 1. The molecule has 0 spiro atoms. The molecule has 3 atom stereocenters. The van der Waals surface area contributed by atoms with Gasteiger partial charge in [-0.1, -0.05) is 48.7 Å². The van der Waals surface area contributed by atoms with E-state index in [1.807, 2.05) is 37.4 Å². The van der Waals surface area contributed by atoms with E-state index in [0.717, 1.165) is 47.7 Å². The molecule has 0 radical (unpaired) electrons. The van der Waals surface area contributed by atoms with Crippen LogP contribution in [0.15, 0.2) is 59.6 Å². The van der Waals surface area contributed by atoms with E-state index in [2.05, 4.69) is 9.71 Å². The lowest BCUT2D eigenvalue weighted by molar-refractivity contribution is -0.145. The van der Waals surface area contributed by atoms with Gasteiger partial charge in [0.05, 0.1) is 10.5 Å². The van der Waals surface area contributed by atoms with Crippen LogP contribution in [0.3, 0.4) is 0 Å². The number of piperidine rings is 1. The van der Waals surface area contributed by atoms with E-state index in [1.165, 1.54) is 0 Å². The lowest BCUT2D eigenvalue weighted by Crippen LogP contribution is -2.58. The minimum atomic E-state index is -3.91. The van der Waals surface area contributed by atoms with Crippen molar-refractivity contribution >= 4 is 26.8 Å². The van der Waals surface area contributed by atoms with Gasteiger partial charge in [0.1, 0.15) is 6.04 Å². The second-order valence-corrected chi connectivity index (χ2v) is 11.8. The van der Waals surface area contributed by atoms with Crippen molar-refractivity contribution in [2.75, 3.05) is 13.1 Å². The maximum absolute atomic E-state index is 13.8. The van der Waals surface area contributed by atoms with Crippen LogP contribution in [-0.2, 0) is 21.2 Å². The Kier molecular flexibility index (Phi) is 6.46. The smallest absolute Gasteiger partial charge is 0.241 e. The molecule has 0 unspecified atom stereocenters. The highest BCUT2D eigenvalue weighted by Gasteiger charge is 2.45. The van der Waals surface area contributed by atoms with Gasteiger partial charge in [0.25, 0.3) is 0 Å². The summed E-state index contributed by atoms with van der Waals surface area (Å²) in [5.41, 5.74) is 2.09. The quantitative estimate of drug-likeness (QED) is 0.487. The van der Waals surface area contributed by atoms with Gasteiger partial charge in [0, 0.05) is 36.1 Å². The fraction of sp³-hybridized carbons (Fsp3) is 0.444. The zero-order valence-electron chi connectivity index (χ0n) is 20.0. The van der Waals surface area contributed by atoms with Crippen molar-refractivity contribution in [1.82, 2.24) is 14.6 Å². The van der Waals surface area contributed by atoms with E-state index in [1.54, 1.807) is 29.2 Å². The number of para-hydroxylation sites is 1. The summed E-state index contributed by atoms with van der Waals surface area (Å²) in [5.74, 6) is -0.199. The number of hydrogen-bond donors (Lipinski definition) is 3. The van der Waals surface area contributed by atoms with Crippen LogP contribution < -0.4 is 4.72 Å². The monoisotopic (exact) mass is 495 g/mol. The molecule has 7 nitrogen and oxygen atoms in total. The summed E-state index contributed by atoms with van der Waals surface area (Å²) in [5, 5.41) is 12.0. The zero-order chi connectivity index (χ0) is 24.6. The number of carbonyl (C=O) groups excluding carboxylic acids is 1. The molecular formula is C27H33N3O4S. The molecule has 1 saturated carbocycles. The topological polar surface area (TPSA) is 102 Å². The number of aromatic nitrogens is 1. The van der Waals surface area contributed by atoms with Crippen LogP contribution in [0.2, 0.25) is 0 Å². The van der Waals surface area contributed by atoms with Crippen LogP contribution in [0.5, 0.6) is 0 Å². The van der Waals surface area contributed by atoms with Gasteiger partial charge in [0.15, 0.2) is 0 Å². The van der Waals surface area contributed by atoms with Gasteiger partial charge in [0.2, 0.25) is 15.9 Å². The number of rotatable bonds is 6. The van der Waals surface area contributed by atoms with Gasteiger partial charge >= 0.3 is 0 Å². The molecule has 3 aromatic rings. The van der Waals surface area contributed by atoms with Crippen LogP contribution in [0.25, 0.3) is 10.9 Å². The van der Waals surface area contributed by atoms with Crippen molar-refractivity contribution in [2.45, 2.75) is 62.0 Å². The van der Waals surface area contributed by atoms with Gasteiger partial charge in [-0.05, 0) is 56.4 Å². The number of H-pyrrole nitrogens is 1. The Bertz CT molecular complexity index is 1320. The van der Waals surface area contributed by atoms with Gasteiger partial charge in [-0.15, -0.1) is 0 Å². The van der Waals surface area contributed by atoms with Crippen molar-refractivity contribution in [1.29, 1.82) is 0 Å². The molecular weight excluding hydrogens is 462 g/mol. The first-order chi connectivity index (χ1) is 16.7. The van der Waals surface area contributed by atoms with Crippen LogP contribution in [-0.4, -0.2) is 54.0 Å². The van der Waals surface area contributed by atoms with E-state index >= 15 is 0 Å². The number of nitrogens with zero attached hydrogens (tertiary/aromatic N) is 1. The lowest BCUT2D eigenvalue weighted by atomic mass is 9.71. The van der Waals surface area contributed by atoms with E-state index in [4.69, 9.17) is 0 Å². The zero-order valence-corrected chi connectivity index (χ0v) is 20.9. The molecule has 186 valence electrons. The van der Waals surface area contributed by atoms with E-state index in [9.17, 15) is 18.3 Å². The molecule has 0 bridgehead atoms. The Balaban J connectivity index is 1.43. The standard InChI is InChI=1S/C27H33N3O4S/c1-19-9-11-22(12-10-19)35(33,34)29-25(16-20-17-28-24-8-3-2-7-23(20)24)26(31)30-15-14-27(32)13-5-4-6-21(27)18-30/h2-3,7-12,17,21,25,28-29,32H,4-6,13-16,18H2,1H3/t21-,25+,27-/m1/s1. The Morgan fingerprint density at radius 1 is 1.17 bits per heavy atom. The number of aliphatic hydroxyl groups is 1. The average Bonchev–Trinajstić information content (AvgIpc) is 3.25. The first-order valence-electron chi connectivity index (χ1n) is 12.4. The van der Waals surface area contributed by atoms with E-state index < -0.39 is 21.7 Å². The molecule has 5 rings (SSSR count). The Morgan fingerprint density at radius 2 is 1.94 bits per heavy atom. The first-order valence-corrected chi connectivity index (χ1v) is 13.9. The van der Waals surface area contributed by atoms with Gasteiger partial charge < -0.3 is 15.0 Å². The maximum Gasteiger partial charge on any atom is 0.241 e. The molecule has 2 heterocycles. The molecule has 1 aliphatic carbocycles. The molecule has 8 heteroatoms. The minimum Gasteiger partial charge on any atom is -0.389 e. The second kappa shape index (κ2) is 9.41. The summed E-state index contributed by atoms with van der Waals surface area (Å²) in [7, 11) is -3.91. The number of benzene rings is 2. The molecule has 1 aliphatic heterocycles. The number of nitrogens with one attached hydrogen (secondary N) is 2. The van der Waals surface area contributed by atoms with Crippen molar-refractivity contribution in [3.63, 3.8) is 0 Å². The highest BCUT2D eigenvalue weighted by Crippen LogP contribution is 2.40.